The molecule has 1 heterocycles. The second kappa shape index (κ2) is 10.6. The average molecular weight is 492 g/mol. The molecule has 1 amide bonds. The molecule has 7 heteroatoms. The van der Waals surface area contributed by atoms with Crippen molar-refractivity contribution in [2.45, 2.75) is 45.1 Å². The first-order valence-electron chi connectivity index (χ1n) is 12.0. The number of amides is 1. The zero-order chi connectivity index (χ0) is 25.0. The summed E-state index contributed by atoms with van der Waals surface area (Å²) in [5.74, 6) is -0.0534. The SMILES string of the molecule is Cc1ccc(NS(=O)(=O)c2ccc(NC(=O)C3CCN(Cc4ccccc4C)CC3)cc2)cc1C. The second-order valence-electron chi connectivity index (χ2n) is 9.40. The molecule has 0 aliphatic carbocycles. The van der Waals surface area contributed by atoms with Crippen LogP contribution in [-0.4, -0.2) is 32.3 Å². The Labute approximate surface area is 208 Å². The van der Waals surface area contributed by atoms with E-state index in [1.807, 2.05) is 26.0 Å². The average Bonchev–Trinajstić information content (AvgIpc) is 2.83. The fraction of sp³-hybridized carbons (Fsp3) is 0.321. The minimum absolute atomic E-state index is 0.00981. The normalized spacial score (nSPS) is 15.1. The quantitative estimate of drug-likeness (QED) is 0.472. The third-order valence-corrected chi connectivity index (χ3v) is 8.20. The molecule has 0 atom stereocenters. The maximum Gasteiger partial charge on any atom is 0.261 e. The summed E-state index contributed by atoms with van der Waals surface area (Å²) in [6, 6.07) is 20.2. The molecule has 1 aliphatic rings. The smallest absolute Gasteiger partial charge is 0.261 e. The van der Waals surface area contributed by atoms with Crippen LogP contribution in [0.25, 0.3) is 0 Å². The van der Waals surface area contributed by atoms with E-state index in [2.05, 4.69) is 46.1 Å². The van der Waals surface area contributed by atoms with Gasteiger partial charge in [-0.1, -0.05) is 30.3 Å². The van der Waals surface area contributed by atoms with Crippen molar-refractivity contribution in [3.63, 3.8) is 0 Å². The number of anilines is 2. The van der Waals surface area contributed by atoms with Crippen LogP contribution < -0.4 is 10.0 Å². The number of nitrogens with one attached hydrogen (secondary N) is 2. The fourth-order valence-electron chi connectivity index (χ4n) is 4.36. The highest BCUT2D eigenvalue weighted by Gasteiger charge is 2.25. The van der Waals surface area contributed by atoms with Crippen LogP contribution >= 0.6 is 0 Å². The maximum absolute atomic E-state index is 12.8. The fourth-order valence-corrected chi connectivity index (χ4v) is 5.41. The van der Waals surface area contributed by atoms with Gasteiger partial charge in [-0.15, -0.1) is 0 Å². The van der Waals surface area contributed by atoms with Gasteiger partial charge in [0.05, 0.1) is 4.90 Å². The summed E-state index contributed by atoms with van der Waals surface area (Å²) in [4.78, 5) is 15.4. The molecule has 3 aromatic carbocycles. The van der Waals surface area contributed by atoms with E-state index in [0.717, 1.165) is 43.6 Å². The molecule has 35 heavy (non-hydrogen) atoms. The zero-order valence-corrected chi connectivity index (χ0v) is 21.4. The Hall–Kier alpha value is -3.16. The molecule has 184 valence electrons. The Kier molecular flexibility index (Phi) is 7.57. The number of rotatable bonds is 7. The number of likely N-dealkylation sites (tertiary alicyclic amines) is 1. The third-order valence-electron chi connectivity index (χ3n) is 6.80. The van der Waals surface area contributed by atoms with E-state index < -0.39 is 10.0 Å². The van der Waals surface area contributed by atoms with Gasteiger partial charge in [-0.25, -0.2) is 8.42 Å². The van der Waals surface area contributed by atoms with Crippen LogP contribution in [-0.2, 0) is 21.4 Å². The van der Waals surface area contributed by atoms with Crippen molar-refractivity contribution < 1.29 is 13.2 Å². The van der Waals surface area contributed by atoms with Crippen LogP contribution in [0.2, 0.25) is 0 Å². The molecule has 1 fully saturated rings. The number of benzene rings is 3. The maximum atomic E-state index is 12.8. The molecule has 0 unspecified atom stereocenters. The molecule has 0 aromatic heterocycles. The Morgan fingerprint density at radius 2 is 1.51 bits per heavy atom. The highest BCUT2D eigenvalue weighted by atomic mass is 32.2. The Morgan fingerprint density at radius 1 is 0.857 bits per heavy atom. The van der Waals surface area contributed by atoms with Gasteiger partial charge in [0, 0.05) is 23.8 Å². The topological polar surface area (TPSA) is 78.5 Å². The van der Waals surface area contributed by atoms with Gasteiger partial charge in [-0.2, -0.15) is 0 Å². The van der Waals surface area contributed by atoms with Crippen molar-refractivity contribution in [3.05, 3.63) is 89.0 Å². The van der Waals surface area contributed by atoms with E-state index in [-0.39, 0.29) is 16.7 Å². The predicted molar refractivity (Wildman–Crippen MR) is 141 cm³/mol. The van der Waals surface area contributed by atoms with Crippen LogP contribution in [0.3, 0.4) is 0 Å². The number of carbonyl (C=O) groups is 1. The summed E-state index contributed by atoms with van der Waals surface area (Å²) in [5, 5.41) is 2.95. The lowest BCUT2D eigenvalue weighted by atomic mass is 9.95. The van der Waals surface area contributed by atoms with Crippen LogP contribution in [0.5, 0.6) is 0 Å². The van der Waals surface area contributed by atoms with Gasteiger partial charge in [0.1, 0.15) is 0 Å². The molecular weight excluding hydrogens is 458 g/mol. The monoisotopic (exact) mass is 491 g/mol. The lowest BCUT2D eigenvalue weighted by Crippen LogP contribution is -2.37. The standard InChI is InChI=1S/C28H33N3O3S/c1-20-8-9-26(18-22(20)3)30-35(33,34)27-12-10-25(11-13-27)29-28(32)23-14-16-31(17-15-23)19-24-7-5-4-6-21(24)2/h4-13,18,23,30H,14-17,19H2,1-3H3,(H,29,32). The molecule has 1 aliphatic heterocycles. The number of carbonyl (C=O) groups excluding carboxylic acids is 1. The number of piperidine rings is 1. The molecular formula is C28H33N3O3S. The largest absolute Gasteiger partial charge is 0.326 e. The number of nitrogens with zero attached hydrogens (tertiary/aromatic N) is 1. The van der Waals surface area contributed by atoms with Gasteiger partial charge in [0.2, 0.25) is 5.91 Å². The molecule has 4 rings (SSSR count). The number of sulfonamides is 1. The Bertz CT molecular complexity index is 1300. The highest BCUT2D eigenvalue weighted by molar-refractivity contribution is 7.92. The Morgan fingerprint density at radius 3 is 2.17 bits per heavy atom. The van der Waals surface area contributed by atoms with Crippen molar-refractivity contribution in [1.82, 2.24) is 4.90 Å². The van der Waals surface area contributed by atoms with E-state index >= 15 is 0 Å². The molecule has 0 bridgehead atoms. The highest BCUT2D eigenvalue weighted by Crippen LogP contribution is 2.24. The van der Waals surface area contributed by atoms with E-state index in [0.29, 0.717) is 11.4 Å². The van der Waals surface area contributed by atoms with E-state index in [1.54, 1.807) is 18.2 Å². The van der Waals surface area contributed by atoms with Gasteiger partial charge in [0.15, 0.2) is 0 Å². The summed E-state index contributed by atoms with van der Waals surface area (Å²) in [6.07, 6.45) is 1.62. The summed E-state index contributed by atoms with van der Waals surface area (Å²) < 4.78 is 28.1. The predicted octanol–water partition coefficient (Wildman–Crippen LogP) is 5.26. The summed E-state index contributed by atoms with van der Waals surface area (Å²) in [6.45, 7) is 8.73. The summed E-state index contributed by atoms with van der Waals surface area (Å²) >= 11 is 0. The van der Waals surface area contributed by atoms with Crippen molar-refractivity contribution in [1.29, 1.82) is 0 Å². The van der Waals surface area contributed by atoms with Crippen molar-refractivity contribution in [2.75, 3.05) is 23.1 Å². The first-order chi connectivity index (χ1) is 16.7. The van der Waals surface area contributed by atoms with Crippen molar-refractivity contribution in [2.24, 2.45) is 5.92 Å². The van der Waals surface area contributed by atoms with Crippen LogP contribution in [0.1, 0.15) is 35.1 Å². The second-order valence-corrected chi connectivity index (χ2v) is 11.1. The molecule has 2 N–H and O–H groups in total. The van der Waals surface area contributed by atoms with Crippen LogP contribution in [0.15, 0.2) is 71.6 Å². The molecule has 6 nitrogen and oxygen atoms in total. The first kappa shape index (κ1) is 24.9. The first-order valence-corrected chi connectivity index (χ1v) is 13.5. The molecule has 0 radical (unpaired) electrons. The molecule has 0 spiro atoms. The number of hydrogen-bond acceptors (Lipinski definition) is 4. The molecule has 3 aromatic rings. The molecule has 1 saturated heterocycles. The zero-order valence-electron chi connectivity index (χ0n) is 20.5. The van der Waals surface area contributed by atoms with Crippen molar-refractivity contribution in [3.8, 4) is 0 Å². The lowest BCUT2D eigenvalue weighted by molar-refractivity contribution is -0.121. The van der Waals surface area contributed by atoms with Gasteiger partial charge < -0.3 is 5.32 Å². The van der Waals surface area contributed by atoms with Gasteiger partial charge in [-0.3, -0.25) is 14.4 Å². The van der Waals surface area contributed by atoms with Crippen LogP contribution in [0, 0.1) is 26.7 Å². The van der Waals surface area contributed by atoms with Gasteiger partial charge in [-0.05, 0) is 105 Å². The van der Waals surface area contributed by atoms with Gasteiger partial charge >= 0.3 is 0 Å². The molecule has 0 saturated carbocycles. The van der Waals surface area contributed by atoms with Crippen molar-refractivity contribution >= 4 is 27.3 Å². The summed E-state index contributed by atoms with van der Waals surface area (Å²) in [7, 11) is -3.71. The van der Waals surface area contributed by atoms with E-state index in [1.165, 1.54) is 23.3 Å². The third kappa shape index (κ3) is 6.29. The number of aryl methyl sites for hydroxylation is 3. The van der Waals surface area contributed by atoms with Gasteiger partial charge in [0.25, 0.3) is 10.0 Å². The van der Waals surface area contributed by atoms with E-state index in [4.69, 9.17) is 0 Å². The minimum atomic E-state index is -3.71. The lowest BCUT2D eigenvalue weighted by Gasteiger charge is -2.31. The Balaban J connectivity index is 1.31. The van der Waals surface area contributed by atoms with E-state index in [9.17, 15) is 13.2 Å². The summed E-state index contributed by atoms with van der Waals surface area (Å²) in [5.41, 5.74) is 5.87. The number of hydrogen-bond donors (Lipinski definition) is 2. The minimum Gasteiger partial charge on any atom is -0.326 e. The van der Waals surface area contributed by atoms with Crippen LogP contribution in [0.4, 0.5) is 11.4 Å².